The van der Waals surface area contributed by atoms with Crippen LogP contribution in [-0.4, -0.2) is 19.7 Å². The summed E-state index contributed by atoms with van der Waals surface area (Å²) in [5.41, 5.74) is 3.45. The van der Waals surface area contributed by atoms with Gasteiger partial charge in [0.25, 0.3) is 0 Å². The van der Waals surface area contributed by atoms with E-state index in [1.54, 1.807) is 17.1 Å². The second-order valence-corrected chi connectivity index (χ2v) is 3.83. The molecule has 0 radical (unpaired) electrons. The fourth-order valence-electron chi connectivity index (χ4n) is 1.12. The first kappa shape index (κ1) is 10.1. The molecule has 0 aliphatic heterocycles. The van der Waals surface area contributed by atoms with Crippen molar-refractivity contribution in [3.05, 3.63) is 28.6 Å². The van der Waals surface area contributed by atoms with Crippen molar-refractivity contribution in [3.63, 3.8) is 0 Å². The van der Waals surface area contributed by atoms with E-state index in [9.17, 15) is 0 Å². The Morgan fingerprint density at radius 2 is 2.27 bits per heavy atom. The van der Waals surface area contributed by atoms with E-state index in [1.165, 1.54) is 0 Å². The maximum absolute atomic E-state index is 5.23. The van der Waals surface area contributed by atoms with Gasteiger partial charge >= 0.3 is 0 Å². The lowest BCUT2D eigenvalue weighted by molar-refractivity contribution is 0.833. The summed E-state index contributed by atoms with van der Waals surface area (Å²) in [6, 6.07) is 0. The van der Waals surface area contributed by atoms with Gasteiger partial charge in [0.1, 0.15) is 0 Å². The molecule has 0 aliphatic carbocycles. The number of hydrazine groups is 1. The number of hydrogen-bond acceptors (Lipinski definition) is 5. The van der Waals surface area contributed by atoms with Gasteiger partial charge in [-0.05, 0) is 28.4 Å². The molecule has 0 saturated heterocycles. The molecule has 78 valence electrons. The summed E-state index contributed by atoms with van der Waals surface area (Å²) < 4.78 is 2.41. The zero-order chi connectivity index (χ0) is 10.8. The average Bonchev–Trinajstić information content (AvgIpc) is 2.65. The normalized spacial score (nSPS) is 10.3. The molecule has 0 amide bonds. The van der Waals surface area contributed by atoms with E-state index >= 15 is 0 Å². The van der Waals surface area contributed by atoms with Gasteiger partial charge in [-0.25, -0.2) is 15.5 Å². The quantitative estimate of drug-likeness (QED) is 0.628. The molecule has 3 N–H and O–H groups in total. The fourth-order valence-corrected chi connectivity index (χ4v) is 1.49. The Balaban J connectivity index is 2.51. The fraction of sp³-hybridized carbons (Fsp3) is 0.125. The van der Waals surface area contributed by atoms with Crippen LogP contribution in [0.1, 0.15) is 5.56 Å². The van der Waals surface area contributed by atoms with E-state index in [4.69, 9.17) is 5.84 Å². The zero-order valence-corrected chi connectivity index (χ0v) is 9.56. The first-order valence-electron chi connectivity index (χ1n) is 4.21. The molecule has 0 saturated carbocycles. The van der Waals surface area contributed by atoms with E-state index in [0.29, 0.717) is 11.8 Å². The molecule has 6 nitrogen and oxygen atoms in total. The van der Waals surface area contributed by atoms with Gasteiger partial charge in [0, 0.05) is 12.4 Å². The van der Waals surface area contributed by atoms with Crippen molar-refractivity contribution in [2.75, 3.05) is 5.43 Å². The number of nitrogens with two attached hydrogens (primary N) is 1. The van der Waals surface area contributed by atoms with Gasteiger partial charge < -0.3 is 0 Å². The molecule has 2 heterocycles. The molecule has 0 fully saturated rings. The third-order valence-electron chi connectivity index (χ3n) is 1.78. The van der Waals surface area contributed by atoms with E-state index in [0.717, 1.165) is 10.0 Å². The van der Waals surface area contributed by atoms with Crippen LogP contribution >= 0.6 is 15.9 Å². The first-order chi connectivity index (χ1) is 7.20. The van der Waals surface area contributed by atoms with Crippen molar-refractivity contribution in [2.24, 2.45) is 5.84 Å². The molecule has 7 heteroatoms. The van der Waals surface area contributed by atoms with Crippen molar-refractivity contribution < 1.29 is 0 Å². The Kier molecular flexibility index (Phi) is 2.65. The number of aromatic nitrogens is 4. The van der Waals surface area contributed by atoms with E-state index in [2.05, 4.69) is 36.4 Å². The summed E-state index contributed by atoms with van der Waals surface area (Å²) in [6.07, 6.45) is 5.24. The third-order valence-corrected chi connectivity index (χ3v) is 2.34. The van der Waals surface area contributed by atoms with E-state index < -0.39 is 0 Å². The molecule has 0 aromatic carbocycles. The van der Waals surface area contributed by atoms with Crippen LogP contribution in [0.15, 0.2) is 23.1 Å². The van der Waals surface area contributed by atoms with Crippen LogP contribution in [0.2, 0.25) is 0 Å². The molecule has 2 aromatic rings. The highest BCUT2D eigenvalue weighted by Gasteiger charge is 2.07. The lowest BCUT2D eigenvalue weighted by atomic mass is 10.4. The van der Waals surface area contributed by atoms with Crippen molar-refractivity contribution >= 4 is 21.9 Å². The number of aryl methyl sites for hydroxylation is 1. The number of nitrogen functional groups attached to an aromatic ring is 1. The number of nitrogens with one attached hydrogen (secondary N) is 1. The third kappa shape index (κ3) is 1.97. The Hall–Kier alpha value is -1.47. The van der Waals surface area contributed by atoms with E-state index in [1.807, 2.05) is 13.1 Å². The van der Waals surface area contributed by atoms with Crippen LogP contribution in [0.5, 0.6) is 0 Å². The van der Waals surface area contributed by atoms with E-state index in [-0.39, 0.29) is 0 Å². The van der Waals surface area contributed by atoms with Gasteiger partial charge in [0.15, 0.2) is 5.82 Å². The van der Waals surface area contributed by atoms with Gasteiger partial charge in [0.05, 0.1) is 10.7 Å². The topological polar surface area (TPSA) is 81.7 Å². The van der Waals surface area contributed by atoms with Crippen molar-refractivity contribution in [1.82, 2.24) is 19.7 Å². The van der Waals surface area contributed by atoms with Crippen LogP contribution in [0, 0.1) is 6.92 Å². The molecule has 0 unspecified atom stereocenters. The summed E-state index contributed by atoms with van der Waals surface area (Å²) in [5, 5.41) is 4.15. The zero-order valence-electron chi connectivity index (χ0n) is 7.98. The SMILES string of the molecule is Cc1cnn(-c2nc(NN)ncc2Br)c1. The maximum atomic E-state index is 5.23. The van der Waals surface area contributed by atoms with Gasteiger partial charge in [0.2, 0.25) is 5.95 Å². The highest BCUT2D eigenvalue weighted by atomic mass is 79.9. The molecular weight excluding hydrogens is 260 g/mol. The lowest BCUT2D eigenvalue weighted by Crippen LogP contribution is -2.12. The second-order valence-electron chi connectivity index (χ2n) is 2.97. The molecule has 2 rings (SSSR count). The van der Waals surface area contributed by atoms with Crippen LogP contribution < -0.4 is 11.3 Å². The minimum absolute atomic E-state index is 0.348. The van der Waals surface area contributed by atoms with Crippen LogP contribution in [0.3, 0.4) is 0 Å². The first-order valence-corrected chi connectivity index (χ1v) is 5.01. The minimum Gasteiger partial charge on any atom is -0.292 e. The number of anilines is 1. The lowest BCUT2D eigenvalue weighted by Gasteiger charge is -2.04. The summed E-state index contributed by atoms with van der Waals surface area (Å²) in [7, 11) is 0. The Morgan fingerprint density at radius 3 is 2.87 bits per heavy atom. The molecule has 0 spiro atoms. The molecule has 0 aliphatic rings. The predicted molar refractivity (Wildman–Crippen MR) is 59.4 cm³/mol. The average molecular weight is 269 g/mol. The highest BCUT2D eigenvalue weighted by Crippen LogP contribution is 2.18. The van der Waals surface area contributed by atoms with Gasteiger partial charge in [-0.15, -0.1) is 0 Å². The predicted octanol–water partition coefficient (Wildman–Crippen LogP) is 1.02. The molecule has 0 bridgehead atoms. The van der Waals surface area contributed by atoms with Gasteiger partial charge in [-0.1, -0.05) is 0 Å². The second kappa shape index (κ2) is 3.95. The smallest absolute Gasteiger partial charge is 0.239 e. The minimum atomic E-state index is 0.348. The number of hydrogen-bond donors (Lipinski definition) is 2. The summed E-state index contributed by atoms with van der Waals surface area (Å²) in [5.74, 6) is 6.23. The standard InChI is InChI=1S/C8H9BrN6/c1-5-2-12-15(4-5)7-6(9)3-11-8(13-7)14-10/h2-4H,10H2,1H3,(H,11,13,14). The van der Waals surface area contributed by atoms with Crippen LogP contribution in [0.4, 0.5) is 5.95 Å². The monoisotopic (exact) mass is 268 g/mol. The van der Waals surface area contributed by atoms with Crippen LogP contribution in [-0.2, 0) is 0 Å². The molecule has 2 aromatic heterocycles. The summed E-state index contributed by atoms with van der Waals surface area (Å²) in [4.78, 5) is 8.14. The highest BCUT2D eigenvalue weighted by molar-refractivity contribution is 9.10. The number of nitrogens with zero attached hydrogens (tertiary/aromatic N) is 4. The van der Waals surface area contributed by atoms with Crippen LogP contribution in [0.25, 0.3) is 5.82 Å². The Labute approximate surface area is 94.6 Å². The Bertz CT molecular complexity index is 480. The maximum Gasteiger partial charge on any atom is 0.239 e. The van der Waals surface area contributed by atoms with Crippen molar-refractivity contribution in [3.8, 4) is 5.82 Å². The molecule has 15 heavy (non-hydrogen) atoms. The largest absolute Gasteiger partial charge is 0.292 e. The van der Waals surface area contributed by atoms with Gasteiger partial charge in [-0.2, -0.15) is 10.1 Å². The number of rotatable bonds is 2. The summed E-state index contributed by atoms with van der Waals surface area (Å²) >= 11 is 3.35. The molecular formula is C8H9BrN6. The Morgan fingerprint density at radius 1 is 1.47 bits per heavy atom. The number of halogens is 1. The van der Waals surface area contributed by atoms with Gasteiger partial charge in [-0.3, -0.25) is 5.43 Å². The summed E-state index contributed by atoms with van der Waals surface area (Å²) in [6.45, 7) is 1.96. The molecule has 0 atom stereocenters. The van der Waals surface area contributed by atoms with Crippen molar-refractivity contribution in [2.45, 2.75) is 6.92 Å². The van der Waals surface area contributed by atoms with Crippen molar-refractivity contribution in [1.29, 1.82) is 0 Å².